The van der Waals surface area contributed by atoms with Crippen molar-refractivity contribution in [3.8, 4) is 0 Å². The zero-order valence-electron chi connectivity index (χ0n) is 13.7. The van der Waals surface area contributed by atoms with Crippen LogP contribution in [0.4, 0.5) is 5.69 Å². The number of halogens is 1. The number of nitrogens with one attached hydrogen (secondary N) is 1. The highest BCUT2D eigenvalue weighted by molar-refractivity contribution is 9.10. The van der Waals surface area contributed by atoms with E-state index in [1.165, 1.54) is 47.8 Å². The lowest BCUT2D eigenvalue weighted by Crippen LogP contribution is -2.34. The Morgan fingerprint density at radius 2 is 1.95 bits per heavy atom. The largest absolute Gasteiger partial charge is 0.371 e. The molecule has 0 amide bonds. The first-order valence-electron chi connectivity index (χ1n) is 8.30. The van der Waals surface area contributed by atoms with Gasteiger partial charge in [0.05, 0.1) is 0 Å². The molecule has 1 aliphatic rings. The topological polar surface area (TPSA) is 15.3 Å². The number of hydrogen-bond donors (Lipinski definition) is 1. The molecule has 2 rings (SSSR count). The molecule has 0 aromatic heterocycles. The highest BCUT2D eigenvalue weighted by atomic mass is 79.9. The van der Waals surface area contributed by atoms with Crippen molar-refractivity contribution in [3.63, 3.8) is 0 Å². The quantitative estimate of drug-likeness (QED) is 0.777. The third-order valence-corrected chi connectivity index (χ3v) is 4.91. The Hall–Kier alpha value is -0.540. The molecule has 0 spiro atoms. The van der Waals surface area contributed by atoms with Gasteiger partial charge in [0.25, 0.3) is 0 Å². The van der Waals surface area contributed by atoms with Gasteiger partial charge in [-0.3, -0.25) is 0 Å². The van der Waals surface area contributed by atoms with Gasteiger partial charge in [-0.15, -0.1) is 0 Å². The molecule has 1 aromatic carbocycles. The molecule has 1 fully saturated rings. The molecule has 1 N–H and O–H groups in total. The zero-order valence-corrected chi connectivity index (χ0v) is 15.2. The van der Waals surface area contributed by atoms with Crippen molar-refractivity contribution in [2.45, 2.75) is 58.5 Å². The van der Waals surface area contributed by atoms with Crippen molar-refractivity contribution in [1.82, 2.24) is 5.32 Å². The van der Waals surface area contributed by atoms with Crippen LogP contribution >= 0.6 is 15.9 Å². The third-order valence-electron chi connectivity index (χ3n) is 4.41. The van der Waals surface area contributed by atoms with Crippen LogP contribution in [0.1, 0.15) is 51.5 Å². The van der Waals surface area contributed by atoms with E-state index in [0.29, 0.717) is 12.0 Å². The minimum atomic E-state index is 0.691. The molecule has 1 aromatic rings. The molecular weight excluding hydrogens is 324 g/mol. The van der Waals surface area contributed by atoms with Gasteiger partial charge in [0, 0.05) is 29.8 Å². The van der Waals surface area contributed by atoms with E-state index in [1.54, 1.807) is 0 Å². The second-order valence-electron chi connectivity index (χ2n) is 6.70. The van der Waals surface area contributed by atoms with Crippen LogP contribution in [-0.2, 0) is 6.54 Å². The summed E-state index contributed by atoms with van der Waals surface area (Å²) in [6.07, 6.45) is 6.85. The van der Waals surface area contributed by atoms with Gasteiger partial charge in [0.2, 0.25) is 0 Å². The van der Waals surface area contributed by atoms with Gasteiger partial charge >= 0.3 is 0 Å². The SMILES string of the molecule is CC(C)CNCc1cc(Br)ccc1N(C)C1CCCCC1. The van der Waals surface area contributed by atoms with Gasteiger partial charge < -0.3 is 10.2 Å². The second kappa shape index (κ2) is 8.19. The van der Waals surface area contributed by atoms with Crippen molar-refractivity contribution in [2.75, 3.05) is 18.5 Å². The first-order chi connectivity index (χ1) is 10.1. The summed E-state index contributed by atoms with van der Waals surface area (Å²) >= 11 is 3.62. The zero-order chi connectivity index (χ0) is 15.2. The van der Waals surface area contributed by atoms with E-state index in [4.69, 9.17) is 0 Å². The summed E-state index contributed by atoms with van der Waals surface area (Å²) in [6.45, 7) is 6.52. The third kappa shape index (κ3) is 5.00. The lowest BCUT2D eigenvalue weighted by atomic mass is 9.94. The normalized spacial score (nSPS) is 16.4. The van der Waals surface area contributed by atoms with Crippen molar-refractivity contribution in [3.05, 3.63) is 28.2 Å². The molecule has 0 heterocycles. The maximum Gasteiger partial charge on any atom is 0.0412 e. The van der Waals surface area contributed by atoms with Gasteiger partial charge in [-0.05, 0) is 49.1 Å². The minimum Gasteiger partial charge on any atom is -0.371 e. The monoisotopic (exact) mass is 352 g/mol. The van der Waals surface area contributed by atoms with E-state index >= 15 is 0 Å². The average molecular weight is 353 g/mol. The Kier molecular flexibility index (Phi) is 6.56. The van der Waals surface area contributed by atoms with Crippen LogP contribution in [0, 0.1) is 5.92 Å². The van der Waals surface area contributed by atoms with Crippen molar-refractivity contribution in [2.24, 2.45) is 5.92 Å². The maximum absolute atomic E-state index is 3.62. The van der Waals surface area contributed by atoms with Crippen molar-refractivity contribution >= 4 is 21.6 Å². The number of rotatable bonds is 6. The summed E-state index contributed by atoms with van der Waals surface area (Å²) in [5.41, 5.74) is 2.79. The maximum atomic E-state index is 3.62. The molecule has 3 heteroatoms. The molecule has 0 aliphatic heterocycles. The summed E-state index contributed by atoms with van der Waals surface area (Å²) in [6, 6.07) is 7.41. The summed E-state index contributed by atoms with van der Waals surface area (Å²) in [5, 5.41) is 3.58. The van der Waals surface area contributed by atoms with Gasteiger partial charge in [0.15, 0.2) is 0 Å². The first-order valence-corrected chi connectivity index (χ1v) is 9.09. The number of hydrogen-bond acceptors (Lipinski definition) is 2. The molecule has 0 bridgehead atoms. The standard InChI is InChI=1S/C18H29BrN2/c1-14(2)12-20-13-15-11-16(19)9-10-18(15)21(3)17-7-5-4-6-8-17/h9-11,14,17,20H,4-8,12-13H2,1-3H3. The summed E-state index contributed by atoms with van der Waals surface area (Å²) < 4.78 is 1.17. The molecular formula is C18H29BrN2. The van der Waals surface area contributed by atoms with Crippen LogP contribution in [0.3, 0.4) is 0 Å². The fourth-order valence-corrected chi connectivity index (χ4v) is 3.61. The van der Waals surface area contributed by atoms with Crippen LogP contribution in [-0.4, -0.2) is 19.6 Å². The molecule has 0 atom stereocenters. The number of nitrogens with zero attached hydrogens (tertiary/aromatic N) is 1. The van der Waals surface area contributed by atoms with Crippen molar-refractivity contribution in [1.29, 1.82) is 0 Å². The van der Waals surface area contributed by atoms with Gasteiger partial charge in [-0.1, -0.05) is 49.0 Å². The van der Waals surface area contributed by atoms with Crippen molar-refractivity contribution < 1.29 is 0 Å². The summed E-state index contributed by atoms with van der Waals surface area (Å²) in [7, 11) is 2.27. The van der Waals surface area contributed by atoms with Crippen LogP contribution in [0.15, 0.2) is 22.7 Å². The first kappa shape index (κ1) is 16.8. The van der Waals surface area contributed by atoms with E-state index in [1.807, 2.05) is 0 Å². The lowest BCUT2D eigenvalue weighted by Gasteiger charge is -2.34. The van der Waals surface area contributed by atoms with E-state index in [9.17, 15) is 0 Å². The Morgan fingerprint density at radius 3 is 2.62 bits per heavy atom. The molecule has 118 valence electrons. The van der Waals surface area contributed by atoms with Gasteiger partial charge in [-0.2, -0.15) is 0 Å². The Labute approximate surface area is 138 Å². The van der Waals surface area contributed by atoms with Gasteiger partial charge in [0.1, 0.15) is 0 Å². The van der Waals surface area contributed by atoms with Crippen LogP contribution in [0.2, 0.25) is 0 Å². The van der Waals surface area contributed by atoms with E-state index in [-0.39, 0.29) is 0 Å². The highest BCUT2D eigenvalue weighted by Crippen LogP contribution is 2.30. The number of anilines is 1. The van der Waals surface area contributed by atoms with E-state index in [0.717, 1.165) is 13.1 Å². The van der Waals surface area contributed by atoms with Gasteiger partial charge in [-0.25, -0.2) is 0 Å². The molecule has 0 unspecified atom stereocenters. The average Bonchev–Trinajstić information content (AvgIpc) is 2.47. The Bertz CT molecular complexity index is 439. The minimum absolute atomic E-state index is 0.691. The van der Waals surface area contributed by atoms with Crippen LogP contribution in [0.25, 0.3) is 0 Å². The Balaban J connectivity index is 2.09. The summed E-state index contributed by atoms with van der Waals surface area (Å²) in [5.74, 6) is 0.691. The molecule has 1 saturated carbocycles. The van der Waals surface area contributed by atoms with E-state index in [2.05, 4.69) is 65.2 Å². The van der Waals surface area contributed by atoms with Crippen LogP contribution < -0.4 is 10.2 Å². The molecule has 0 saturated heterocycles. The predicted molar refractivity (Wildman–Crippen MR) is 96.0 cm³/mol. The second-order valence-corrected chi connectivity index (χ2v) is 7.62. The Morgan fingerprint density at radius 1 is 1.24 bits per heavy atom. The van der Waals surface area contributed by atoms with Crippen LogP contribution in [0.5, 0.6) is 0 Å². The van der Waals surface area contributed by atoms with E-state index < -0.39 is 0 Å². The predicted octanol–water partition coefficient (Wildman–Crippen LogP) is 4.96. The molecule has 2 nitrogen and oxygen atoms in total. The smallest absolute Gasteiger partial charge is 0.0412 e. The highest BCUT2D eigenvalue weighted by Gasteiger charge is 2.20. The number of benzene rings is 1. The fraction of sp³-hybridized carbons (Fsp3) is 0.667. The molecule has 21 heavy (non-hydrogen) atoms. The fourth-order valence-electron chi connectivity index (χ4n) is 3.20. The summed E-state index contributed by atoms with van der Waals surface area (Å²) in [4.78, 5) is 2.51. The lowest BCUT2D eigenvalue weighted by molar-refractivity contribution is 0.427. The molecule has 1 aliphatic carbocycles. The molecule has 0 radical (unpaired) electrons.